The fourth-order valence-electron chi connectivity index (χ4n) is 3.22. The Hall–Kier alpha value is -2.19. The predicted octanol–water partition coefficient (Wildman–Crippen LogP) is 3.28. The van der Waals surface area contributed by atoms with Crippen molar-refractivity contribution in [2.45, 2.75) is 37.0 Å². The molecular formula is C17H15F2NO4S. The van der Waals surface area contributed by atoms with Gasteiger partial charge >= 0.3 is 6.29 Å². The molecule has 0 aromatic heterocycles. The van der Waals surface area contributed by atoms with Gasteiger partial charge in [0.15, 0.2) is 11.5 Å². The molecule has 1 atom stereocenters. The minimum Gasteiger partial charge on any atom is -0.395 e. The molecule has 1 aliphatic heterocycles. The summed E-state index contributed by atoms with van der Waals surface area (Å²) in [5, 5.41) is 0. The van der Waals surface area contributed by atoms with E-state index in [-0.39, 0.29) is 22.4 Å². The summed E-state index contributed by atoms with van der Waals surface area (Å²) in [6.07, 6.45) is -2.33. The second-order valence-electron chi connectivity index (χ2n) is 6.19. The van der Waals surface area contributed by atoms with Gasteiger partial charge in [0.25, 0.3) is 0 Å². The van der Waals surface area contributed by atoms with Crippen molar-refractivity contribution in [1.82, 2.24) is 4.72 Å². The van der Waals surface area contributed by atoms with Gasteiger partial charge in [-0.2, -0.15) is 0 Å². The minimum absolute atomic E-state index is 0.145. The van der Waals surface area contributed by atoms with Crippen LogP contribution in [0, 0.1) is 6.92 Å². The molecule has 0 spiro atoms. The number of hydrogen-bond acceptors (Lipinski definition) is 4. The smallest absolute Gasteiger partial charge is 0.395 e. The molecule has 5 nitrogen and oxygen atoms in total. The van der Waals surface area contributed by atoms with Crippen molar-refractivity contribution < 1.29 is 26.7 Å². The fraction of sp³-hybridized carbons (Fsp3) is 0.294. The van der Waals surface area contributed by atoms with E-state index in [2.05, 4.69) is 14.2 Å². The molecule has 2 aliphatic rings. The molecular weight excluding hydrogens is 352 g/mol. The van der Waals surface area contributed by atoms with Crippen molar-refractivity contribution in [3.05, 3.63) is 53.1 Å². The Morgan fingerprint density at radius 3 is 2.68 bits per heavy atom. The maximum Gasteiger partial charge on any atom is 0.586 e. The Morgan fingerprint density at radius 2 is 1.88 bits per heavy atom. The van der Waals surface area contributed by atoms with Crippen LogP contribution >= 0.6 is 0 Å². The van der Waals surface area contributed by atoms with Crippen LogP contribution in [0.25, 0.3) is 0 Å². The summed E-state index contributed by atoms with van der Waals surface area (Å²) >= 11 is 0. The number of sulfonamides is 1. The highest BCUT2D eigenvalue weighted by molar-refractivity contribution is 7.89. The maximum absolute atomic E-state index is 13.1. The molecule has 0 fully saturated rings. The Labute approximate surface area is 143 Å². The van der Waals surface area contributed by atoms with Crippen molar-refractivity contribution in [3.63, 3.8) is 0 Å². The fourth-order valence-corrected chi connectivity index (χ4v) is 4.49. The van der Waals surface area contributed by atoms with Crippen LogP contribution in [0.5, 0.6) is 11.5 Å². The molecule has 0 radical (unpaired) electrons. The Morgan fingerprint density at radius 1 is 1.12 bits per heavy atom. The molecule has 2 aromatic rings. The van der Waals surface area contributed by atoms with Crippen molar-refractivity contribution in [2.75, 3.05) is 0 Å². The lowest BCUT2D eigenvalue weighted by molar-refractivity contribution is -0.286. The van der Waals surface area contributed by atoms with E-state index in [9.17, 15) is 17.2 Å². The van der Waals surface area contributed by atoms with Crippen LogP contribution in [0.1, 0.15) is 29.2 Å². The van der Waals surface area contributed by atoms with Gasteiger partial charge in [-0.1, -0.05) is 23.8 Å². The van der Waals surface area contributed by atoms with E-state index in [1.165, 1.54) is 6.07 Å². The Bertz CT molecular complexity index is 959. The topological polar surface area (TPSA) is 64.6 Å². The third-order valence-electron chi connectivity index (χ3n) is 4.36. The number of aryl methyl sites for hydroxylation is 2. The van der Waals surface area contributed by atoms with Gasteiger partial charge in [0, 0.05) is 12.1 Å². The number of halogens is 2. The van der Waals surface area contributed by atoms with Gasteiger partial charge in [-0.15, -0.1) is 8.78 Å². The molecule has 2 aromatic carbocycles. The molecule has 0 saturated heterocycles. The van der Waals surface area contributed by atoms with Crippen LogP contribution < -0.4 is 14.2 Å². The Kier molecular flexibility index (Phi) is 3.52. The van der Waals surface area contributed by atoms with Gasteiger partial charge in [-0.3, -0.25) is 0 Å². The lowest BCUT2D eigenvalue weighted by atomic mass is 10.1. The van der Waals surface area contributed by atoms with E-state index in [0.29, 0.717) is 6.42 Å². The summed E-state index contributed by atoms with van der Waals surface area (Å²) in [5.74, 6) is -0.485. The average molecular weight is 367 g/mol. The van der Waals surface area contributed by atoms with Crippen molar-refractivity contribution in [3.8, 4) is 11.5 Å². The van der Waals surface area contributed by atoms with Crippen molar-refractivity contribution in [2.24, 2.45) is 0 Å². The molecule has 8 heteroatoms. The van der Waals surface area contributed by atoms with Crippen LogP contribution in [-0.2, 0) is 16.4 Å². The molecule has 25 heavy (non-hydrogen) atoms. The van der Waals surface area contributed by atoms with Gasteiger partial charge < -0.3 is 9.47 Å². The molecule has 1 heterocycles. The monoisotopic (exact) mass is 367 g/mol. The number of ether oxygens (including phenoxy) is 2. The third kappa shape index (κ3) is 2.96. The predicted molar refractivity (Wildman–Crippen MR) is 85.2 cm³/mol. The second-order valence-corrected chi connectivity index (χ2v) is 7.90. The minimum atomic E-state index is -3.89. The highest BCUT2D eigenvalue weighted by atomic mass is 32.2. The van der Waals surface area contributed by atoms with E-state index < -0.39 is 16.3 Å². The molecule has 0 amide bonds. The number of fused-ring (bicyclic) bond motifs is 2. The van der Waals surface area contributed by atoms with Crippen LogP contribution in [-0.4, -0.2) is 14.7 Å². The van der Waals surface area contributed by atoms with Gasteiger partial charge in [-0.25, -0.2) is 13.1 Å². The first kappa shape index (κ1) is 16.3. The lowest BCUT2D eigenvalue weighted by Gasteiger charge is -2.15. The van der Waals surface area contributed by atoms with Crippen LogP contribution in [0.15, 0.2) is 41.3 Å². The average Bonchev–Trinajstić information content (AvgIpc) is 3.04. The molecule has 0 bridgehead atoms. The molecule has 1 N–H and O–H groups in total. The first-order valence-electron chi connectivity index (χ1n) is 7.75. The van der Waals surface area contributed by atoms with Gasteiger partial charge in [0.2, 0.25) is 10.0 Å². The molecule has 4 rings (SSSR count). The number of alkyl halides is 2. The third-order valence-corrected chi connectivity index (χ3v) is 5.83. The molecule has 0 saturated carbocycles. The summed E-state index contributed by atoms with van der Waals surface area (Å²) in [4.78, 5) is -0.145. The Balaban J connectivity index is 1.60. The summed E-state index contributed by atoms with van der Waals surface area (Å²) in [7, 11) is -3.89. The normalized spacial score (nSPS) is 20.5. The van der Waals surface area contributed by atoms with E-state index >= 15 is 0 Å². The van der Waals surface area contributed by atoms with Gasteiger partial charge in [0.1, 0.15) is 0 Å². The SMILES string of the molecule is Cc1ccc2c(c1)CCC2NS(=O)(=O)c1ccc2c(c1)OC(F)(F)O2. The maximum atomic E-state index is 13.1. The summed E-state index contributed by atoms with van der Waals surface area (Å²) in [6, 6.07) is 9.00. The molecule has 1 aliphatic carbocycles. The van der Waals surface area contributed by atoms with E-state index in [4.69, 9.17) is 0 Å². The largest absolute Gasteiger partial charge is 0.586 e. The standard InChI is InChI=1S/C17H15F2NO4S/c1-10-2-5-13-11(8-10)3-6-14(13)20-25(21,22)12-4-7-15-16(9-12)24-17(18,19)23-15/h2,4-5,7-9,14,20H,3,6H2,1H3. The number of rotatable bonds is 3. The summed E-state index contributed by atoms with van der Waals surface area (Å²) in [5.41, 5.74) is 3.19. The zero-order valence-electron chi connectivity index (χ0n) is 13.3. The summed E-state index contributed by atoms with van der Waals surface area (Å²) in [6.45, 7) is 1.99. The van der Waals surface area contributed by atoms with Crippen molar-refractivity contribution in [1.29, 1.82) is 0 Å². The van der Waals surface area contributed by atoms with Crippen molar-refractivity contribution >= 4 is 10.0 Å². The highest BCUT2D eigenvalue weighted by Gasteiger charge is 2.44. The first-order chi connectivity index (χ1) is 11.7. The molecule has 1 unspecified atom stereocenters. The van der Waals surface area contributed by atoms with Crippen LogP contribution in [0.2, 0.25) is 0 Å². The second kappa shape index (κ2) is 5.40. The van der Waals surface area contributed by atoms with Gasteiger partial charge in [-0.05, 0) is 43.0 Å². The summed E-state index contributed by atoms with van der Waals surface area (Å²) < 4.78 is 62.7. The zero-order chi connectivity index (χ0) is 17.8. The van der Waals surface area contributed by atoms with E-state index in [1.807, 2.05) is 25.1 Å². The van der Waals surface area contributed by atoms with E-state index in [1.54, 1.807) is 0 Å². The number of benzene rings is 2. The lowest BCUT2D eigenvalue weighted by Crippen LogP contribution is -2.27. The molecule has 132 valence electrons. The quantitative estimate of drug-likeness (QED) is 0.904. The number of nitrogens with one attached hydrogen (secondary N) is 1. The van der Waals surface area contributed by atoms with Gasteiger partial charge in [0.05, 0.1) is 4.90 Å². The first-order valence-corrected chi connectivity index (χ1v) is 9.23. The highest BCUT2D eigenvalue weighted by Crippen LogP contribution is 2.42. The number of hydrogen-bond donors (Lipinski definition) is 1. The van der Waals surface area contributed by atoms with Crippen LogP contribution in [0.4, 0.5) is 8.78 Å². The zero-order valence-corrected chi connectivity index (χ0v) is 14.1. The van der Waals surface area contributed by atoms with Crippen LogP contribution in [0.3, 0.4) is 0 Å². The van der Waals surface area contributed by atoms with E-state index in [0.717, 1.165) is 35.2 Å².